The van der Waals surface area contributed by atoms with Crippen LogP contribution in [-0.2, 0) is 4.74 Å². The first kappa shape index (κ1) is 21.3. The predicted molar refractivity (Wildman–Crippen MR) is 117 cm³/mol. The van der Waals surface area contributed by atoms with Gasteiger partial charge in [-0.05, 0) is 50.2 Å². The molecule has 8 heteroatoms. The van der Waals surface area contributed by atoms with Crippen LogP contribution >= 0.6 is 15.9 Å². The maximum absolute atomic E-state index is 12.3. The van der Waals surface area contributed by atoms with Gasteiger partial charge in [-0.2, -0.15) is 5.10 Å². The summed E-state index contributed by atoms with van der Waals surface area (Å²) in [5.74, 6) is -1.09. The highest BCUT2D eigenvalue weighted by atomic mass is 79.9. The van der Waals surface area contributed by atoms with Crippen molar-refractivity contribution in [3.8, 4) is 11.4 Å². The van der Waals surface area contributed by atoms with E-state index in [1.54, 1.807) is 18.2 Å². The molecule has 1 heterocycles. The molecule has 0 aliphatic carbocycles. The number of halogens is 1. The van der Waals surface area contributed by atoms with Crippen LogP contribution in [0.25, 0.3) is 5.69 Å². The molecule has 3 rings (SSSR count). The minimum absolute atomic E-state index is 0.110. The molecule has 0 fully saturated rings. The van der Waals surface area contributed by atoms with Crippen LogP contribution in [0.3, 0.4) is 0 Å². The van der Waals surface area contributed by atoms with Crippen molar-refractivity contribution in [1.29, 1.82) is 0 Å². The Morgan fingerprint density at radius 2 is 1.87 bits per heavy atom. The Hall–Kier alpha value is -3.39. The van der Waals surface area contributed by atoms with Crippen LogP contribution in [0.5, 0.6) is 5.75 Å². The van der Waals surface area contributed by atoms with Crippen LogP contribution in [0.15, 0.2) is 58.1 Å². The second-order valence-electron chi connectivity index (χ2n) is 6.53. The minimum Gasteiger partial charge on any atom is -0.507 e. The monoisotopic (exact) mass is 469 g/mol. The van der Waals surface area contributed by atoms with Gasteiger partial charge in [-0.3, -0.25) is 4.79 Å². The number of hydrogen-bond donors (Lipinski definition) is 2. The number of aromatic hydroxyl groups is 1. The molecule has 0 saturated heterocycles. The third-order valence-electron chi connectivity index (χ3n) is 4.59. The van der Waals surface area contributed by atoms with Crippen molar-refractivity contribution in [2.75, 3.05) is 7.11 Å². The molecule has 2 N–H and O–H groups in total. The van der Waals surface area contributed by atoms with Crippen LogP contribution in [-0.4, -0.2) is 34.9 Å². The lowest BCUT2D eigenvalue weighted by atomic mass is 10.1. The van der Waals surface area contributed by atoms with Crippen LogP contribution in [0.1, 0.15) is 37.7 Å². The Kier molecular flexibility index (Phi) is 6.37. The number of rotatable bonds is 5. The SMILES string of the molecule is COC(=O)c1ccccc1-n1c(C)cc(/C=N\NC(=O)c2cc(Br)ccc2O)c1C. The number of para-hydroxylation sites is 1. The van der Waals surface area contributed by atoms with Gasteiger partial charge in [0.15, 0.2) is 0 Å². The zero-order valence-corrected chi connectivity index (χ0v) is 18.2. The van der Waals surface area contributed by atoms with E-state index in [1.165, 1.54) is 25.5 Å². The number of hydrazone groups is 1. The number of benzene rings is 2. The second kappa shape index (κ2) is 8.96. The highest BCUT2D eigenvalue weighted by Gasteiger charge is 2.17. The highest BCUT2D eigenvalue weighted by Crippen LogP contribution is 2.24. The van der Waals surface area contributed by atoms with Gasteiger partial charge < -0.3 is 14.4 Å². The van der Waals surface area contributed by atoms with E-state index >= 15 is 0 Å². The summed E-state index contributed by atoms with van der Waals surface area (Å²) in [5.41, 5.74) is 6.17. The number of carbonyl (C=O) groups excluding carboxylic acids is 2. The second-order valence-corrected chi connectivity index (χ2v) is 7.45. The average Bonchev–Trinajstić information content (AvgIpc) is 3.02. The van der Waals surface area contributed by atoms with E-state index in [1.807, 2.05) is 36.6 Å². The largest absolute Gasteiger partial charge is 0.507 e. The normalized spacial score (nSPS) is 10.9. The summed E-state index contributed by atoms with van der Waals surface area (Å²) in [7, 11) is 1.35. The summed E-state index contributed by atoms with van der Waals surface area (Å²) in [6.45, 7) is 3.81. The van der Waals surface area contributed by atoms with Gasteiger partial charge in [0.25, 0.3) is 5.91 Å². The molecule has 1 aromatic heterocycles. The number of amides is 1. The fourth-order valence-corrected chi connectivity index (χ4v) is 3.51. The molecule has 0 radical (unpaired) electrons. The van der Waals surface area contributed by atoms with Crippen molar-refractivity contribution in [1.82, 2.24) is 9.99 Å². The standard InChI is InChI=1S/C22H20BrN3O4/c1-13-10-15(12-24-25-21(28)18-11-16(23)8-9-20(18)27)14(2)26(13)19-7-5-4-6-17(19)22(29)30-3/h4-12,27H,1-3H3,(H,25,28)/b24-12-. The molecule has 0 aliphatic heterocycles. The first-order valence-electron chi connectivity index (χ1n) is 9.02. The zero-order chi connectivity index (χ0) is 21.8. The number of phenolic OH excluding ortho intramolecular Hbond substituents is 1. The Bertz CT molecular complexity index is 1150. The lowest BCUT2D eigenvalue weighted by Crippen LogP contribution is -2.17. The van der Waals surface area contributed by atoms with Crippen molar-refractivity contribution in [2.24, 2.45) is 5.10 Å². The van der Waals surface area contributed by atoms with E-state index in [2.05, 4.69) is 26.5 Å². The topological polar surface area (TPSA) is 92.9 Å². The van der Waals surface area contributed by atoms with E-state index in [4.69, 9.17) is 4.74 Å². The average molecular weight is 470 g/mol. The summed E-state index contributed by atoms with van der Waals surface area (Å²) < 4.78 is 7.48. The Morgan fingerprint density at radius 1 is 1.13 bits per heavy atom. The van der Waals surface area contributed by atoms with Crippen molar-refractivity contribution in [2.45, 2.75) is 13.8 Å². The maximum atomic E-state index is 12.3. The number of phenols is 1. The Morgan fingerprint density at radius 3 is 2.60 bits per heavy atom. The minimum atomic E-state index is -0.533. The predicted octanol–water partition coefficient (Wildman–Crippen LogP) is 4.11. The molecule has 0 spiro atoms. The lowest BCUT2D eigenvalue weighted by Gasteiger charge is -2.13. The first-order valence-corrected chi connectivity index (χ1v) is 9.81. The molecule has 0 atom stereocenters. The van der Waals surface area contributed by atoms with Gasteiger partial charge in [-0.15, -0.1) is 0 Å². The number of carbonyl (C=O) groups is 2. The van der Waals surface area contributed by atoms with Crippen molar-refractivity contribution >= 4 is 34.0 Å². The van der Waals surface area contributed by atoms with Gasteiger partial charge in [0.2, 0.25) is 0 Å². The van der Waals surface area contributed by atoms with E-state index in [0.29, 0.717) is 15.7 Å². The Balaban J connectivity index is 1.87. The number of esters is 1. The molecule has 0 unspecified atom stereocenters. The third-order valence-corrected chi connectivity index (χ3v) is 5.09. The zero-order valence-electron chi connectivity index (χ0n) is 16.6. The van der Waals surface area contributed by atoms with E-state index in [0.717, 1.165) is 17.0 Å². The number of ether oxygens (including phenoxy) is 1. The number of methoxy groups -OCH3 is 1. The quantitative estimate of drug-likeness (QED) is 0.334. The summed E-state index contributed by atoms with van der Waals surface area (Å²) in [6, 6.07) is 13.6. The van der Waals surface area contributed by atoms with E-state index < -0.39 is 11.9 Å². The molecular formula is C22H20BrN3O4. The molecular weight excluding hydrogens is 450 g/mol. The number of nitrogens with zero attached hydrogens (tertiary/aromatic N) is 2. The van der Waals surface area contributed by atoms with E-state index in [-0.39, 0.29) is 11.3 Å². The molecule has 7 nitrogen and oxygen atoms in total. The molecule has 3 aromatic rings. The first-order chi connectivity index (χ1) is 14.3. The number of nitrogens with one attached hydrogen (secondary N) is 1. The van der Waals surface area contributed by atoms with Crippen LogP contribution in [0.4, 0.5) is 0 Å². The van der Waals surface area contributed by atoms with Gasteiger partial charge in [0.1, 0.15) is 5.75 Å². The number of hydrogen-bond acceptors (Lipinski definition) is 5. The molecule has 30 heavy (non-hydrogen) atoms. The fraction of sp³-hybridized carbons (Fsp3) is 0.136. The van der Waals surface area contributed by atoms with Gasteiger partial charge in [-0.25, -0.2) is 10.2 Å². The lowest BCUT2D eigenvalue weighted by molar-refractivity contribution is 0.0600. The van der Waals surface area contributed by atoms with E-state index in [9.17, 15) is 14.7 Å². The van der Waals surface area contributed by atoms with Crippen LogP contribution < -0.4 is 5.43 Å². The van der Waals surface area contributed by atoms with Gasteiger partial charge in [-0.1, -0.05) is 28.1 Å². The van der Waals surface area contributed by atoms with Gasteiger partial charge >= 0.3 is 5.97 Å². The fourth-order valence-electron chi connectivity index (χ4n) is 3.15. The summed E-state index contributed by atoms with van der Waals surface area (Å²) in [5, 5.41) is 13.9. The number of aryl methyl sites for hydroxylation is 1. The summed E-state index contributed by atoms with van der Waals surface area (Å²) in [4.78, 5) is 24.4. The molecule has 2 aromatic carbocycles. The molecule has 0 bridgehead atoms. The number of aromatic nitrogens is 1. The molecule has 1 amide bonds. The molecule has 0 aliphatic rings. The van der Waals surface area contributed by atoms with Crippen LogP contribution in [0, 0.1) is 13.8 Å². The highest BCUT2D eigenvalue weighted by molar-refractivity contribution is 9.10. The van der Waals surface area contributed by atoms with Crippen molar-refractivity contribution < 1.29 is 19.4 Å². The van der Waals surface area contributed by atoms with Crippen LogP contribution in [0.2, 0.25) is 0 Å². The van der Waals surface area contributed by atoms with Gasteiger partial charge in [0.05, 0.1) is 30.1 Å². The summed E-state index contributed by atoms with van der Waals surface area (Å²) >= 11 is 3.27. The smallest absolute Gasteiger partial charge is 0.339 e. The van der Waals surface area contributed by atoms with Crippen molar-refractivity contribution in [3.05, 3.63) is 81.1 Å². The molecule has 0 saturated carbocycles. The van der Waals surface area contributed by atoms with Gasteiger partial charge in [0, 0.05) is 21.4 Å². The summed E-state index contributed by atoms with van der Waals surface area (Å²) in [6.07, 6.45) is 1.52. The Labute approximate surface area is 182 Å². The maximum Gasteiger partial charge on any atom is 0.339 e. The van der Waals surface area contributed by atoms with Crippen molar-refractivity contribution in [3.63, 3.8) is 0 Å². The third kappa shape index (κ3) is 4.28. The molecule has 154 valence electrons.